The number of hydrogen-bond acceptors (Lipinski definition) is 4. The van der Waals surface area contributed by atoms with Gasteiger partial charge in [-0.15, -0.1) is 0 Å². The molecule has 0 aliphatic heterocycles. The maximum absolute atomic E-state index is 12.7. The zero-order valence-corrected chi connectivity index (χ0v) is 17.0. The van der Waals surface area contributed by atoms with Crippen molar-refractivity contribution in [2.24, 2.45) is 0 Å². The molecule has 3 aromatic carbocycles. The summed E-state index contributed by atoms with van der Waals surface area (Å²) in [6, 6.07) is 27.5. The van der Waals surface area contributed by atoms with Crippen LogP contribution < -0.4 is 10.9 Å². The van der Waals surface area contributed by atoms with Crippen LogP contribution in [0.25, 0.3) is 22.4 Å². The number of aromatic amines is 1. The molecule has 0 saturated carbocycles. The van der Waals surface area contributed by atoms with Gasteiger partial charge in [-0.1, -0.05) is 42.5 Å². The maximum atomic E-state index is 12.7. The molecule has 1 amide bonds. The Bertz CT molecular complexity index is 1420. The van der Waals surface area contributed by atoms with Gasteiger partial charge in [-0.25, -0.2) is 9.67 Å². The summed E-state index contributed by atoms with van der Waals surface area (Å²) >= 11 is 0. The number of anilines is 1. The first-order chi connectivity index (χ1) is 15.7. The van der Waals surface area contributed by atoms with Crippen LogP contribution in [0.4, 0.5) is 5.69 Å². The lowest BCUT2D eigenvalue weighted by Crippen LogP contribution is -2.26. The minimum atomic E-state index is -0.386. The molecule has 0 aliphatic rings. The third kappa shape index (κ3) is 4.04. The summed E-state index contributed by atoms with van der Waals surface area (Å²) < 4.78 is 1.29. The third-order valence-electron chi connectivity index (χ3n) is 5.08. The molecule has 2 aromatic heterocycles. The number of nitrogens with zero attached hydrogens (tertiary/aromatic N) is 3. The monoisotopic (exact) mass is 421 g/mol. The second-order valence-electron chi connectivity index (χ2n) is 7.33. The molecule has 2 N–H and O–H groups in total. The second kappa shape index (κ2) is 8.31. The molecular weight excluding hydrogens is 402 g/mol. The first-order valence-corrected chi connectivity index (χ1v) is 10.1. The fraction of sp³-hybridized carbons (Fsp3) is 0.0400. The first-order valence-electron chi connectivity index (χ1n) is 10.1. The second-order valence-corrected chi connectivity index (χ2v) is 7.33. The van der Waals surface area contributed by atoms with E-state index in [1.807, 2.05) is 66.7 Å². The molecule has 0 saturated heterocycles. The summed E-state index contributed by atoms with van der Waals surface area (Å²) in [6.45, 7) is 0.299. The van der Waals surface area contributed by atoms with Gasteiger partial charge in [-0.3, -0.25) is 9.59 Å². The number of H-pyrrole nitrogens is 1. The molecule has 0 radical (unpaired) electrons. The van der Waals surface area contributed by atoms with Gasteiger partial charge in [0.05, 0.1) is 17.6 Å². The number of carbonyl (C=O) groups is 1. The molecule has 156 valence electrons. The van der Waals surface area contributed by atoms with Crippen LogP contribution in [0.3, 0.4) is 0 Å². The Balaban J connectivity index is 1.32. The fourth-order valence-corrected chi connectivity index (χ4v) is 3.44. The highest BCUT2D eigenvalue weighted by atomic mass is 16.2. The molecule has 5 aromatic rings. The van der Waals surface area contributed by atoms with E-state index in [-0.39, 0.29) is 17.2 Å². The molecule has 0 spiro atoms. The van der Waals surface area contributed by atoms with Crippen molar-refractivity contribution in [2.75, 3.05) is 5.32 Å². The molecule has 32 heavy (non-hydrogen) atoms. The Hall–Kier alpha value is -4.52. The topological polar surface area (TPSA) is 92.7 Å². The highest BCUT2D eigenvalue weighted by Gasteiger charge is 2.11. The number of imidazole rings is 1. The van der Waals surface area contributed by atoms with Gasteiger partial charge in [0, 0.05) is 17.3 Å². The summed E-state index contributed by atoms with van der Waals surface area (Å²) in [5.74, 6) is 0.377. The summed E-state index contributed by atoms with van der Waals surface area (Å²) in [5, 5.41) is 7.06. The normalized spacial score (nSPS) is 10.9. The van der Waals surface area contributed by atoms with Crippen LogP contribution in [0.1, 0.15) is 16.1 Å². The molecule has 5 rings (SSSR count). The molecule has 0 aliphatic carbocycles. The van der Waals surface area contributed by atoms with Gasteiger partial charge < -0.3 is 10.3 Å². The molecule has 0 bridgehead atoms. The summed E-state index contributed by atoms with van der Waals surface area (Å²) in [7, 11) is 0. The summed E-state index contributed by atoms with van der Waals surface area (Å²) in [6.07, 6.45) is 0. The number of aromatic nitrogens is 4. The Morgan fingerprint density at radius 2 is 1.62 bits per heavy atom. The van der Waals surface area contributed by atoms with E-state index in [0.29, 0.717) is 12.2 Å². The van der Waals surface area contributed by atoms with Crippen LogP contribution in [-0.4, -0.2) is 25.7 Å². The predicted octanol–water partition coefficient (Wildman–Crippen LogP) is 4.09. The van der Waals surface area contributed by atoms with E-state index in [9.17, 15) is 9.59 Å². The van der Waals surface area contributed by atoms with Crippen LogP contribution in [0.15, 0.2) is 95.8 Å². The molecular formula is C25H19N5O2. The lowest BCUT2D eigenvalue weighted by atomic mass is 10.2. The number of rotatable bonds is 5. The van der Waals surface area contributed by atoms with E-state index in [4.69, 9.17) is 0 Å². The lowest BCUT2D eigenvalue weighted by molar-refractivity contribution is 0.102. The van der Waals surface area contributed by atoms with Crippen molar-refractivity contribution >= 4 is 22.6 Å². The van der Waals surface area contributed by atoms with Crippen molar-refractivity contribution in [3.05, 3.63) is 113 Å². The van der Waals surface area contributed by atoms with Crippen LogP contribution >= 0.6 is 0 Å². The Kier molecular flexibility index (Phi) is 5.05. The molecule has 7 heteroatoms. The third-order valence-corrected chi connectivity index (χ3v) is 5.08. The highest BCUT2D eigenvalue weighted by molar-refractivity contribution is 6.02. The van der Waals surface area contributed by atoms with Gasteiger partial charge in [-0.05, 0) is 48.0 Å². The summed E-state index contributed by atoms with van der Waals surface area (Å²) in [4.78, 5) is 32.7. The number of benzene rings is 3. The number of nitrogens with one attached hydrogen (secondary N) is 2. The quantitative estimate of drug-likeness (QED) is 0.447. The standard InChI is InChI=1S/C25H19N5O2/c31-23-15-14-22(29-30(23)16-17-6-2-1-3-7-17)25(32)26-19-12-10-18(11-13-19)24-27-20-8-4-5-9-21(20)28-24/h1-15H,16H2,(H,26,32)(H,27,28). The van der Waals surface area contributed by atoms with Crippen LogP contribution in [0, 0.1) is 0 Å². The SMILES string of the molecule is O=C(Nc1ccc(-c2nc3ccccc3[nH]2)cc1)c1ccc(=O)n(Cc2ccccc2)n1. The smallest absolute Gasteiger partial charge is 0.276 e. The molecule has 0 fully saturated rings. The molecule has 2 heterocycles. The average molecular weight is 421 g/mol. The van der Waals surface area contributed by atoms with E-state index in [2.05, 4.69) is 20.4 Å². The van der Waals surface area contributed by atoms with Crippen LogP contribution in [-0.2, 0) is 6.54 Å². The van der Waals surface area contributed by atoms with E-state index in [0.717, 1.165) is 28.0 Å². The average Bonchev–Trinajstić information content (AvgIpc) is 3.26. The van der Waals surface area contributed by atoms with Crippen molar-refractivity contribution < 1.29 is 4.79 Å². The zero-order valence-electron chi connectivity index (χ0n) is 17.0. The number of para-hydroxylation sites is 2. The van der Waals surface area contributed by atoms with Crippen LogP contribution in [0.5, 0.6) is 0 Å². The minimum absolute atomic E-state index is 0.168. The van der Waals surface area contributed by atoms with Crippen molar-refractivity contribution in [1.29, 1.82) is 0 Å². The molecule has 0 unspecified atom stereocenters. The van der Waals surface area contributed by atoms with E-state index in [1.54, 1.807) is 12.1 Å². The van der Waals surface area contributed by atoms with Crippen LogP contribution in [0.2, 0.25) is 0 Å². The van der Waals surface area contributed by atoms with Crippen molar-refractivity contribution in [3.63, 3.8) is 0 Å². The van der Waals surface area contributed by atoms with E-state index >= 15 is 0 Å². The van der Waals surface area contributed by atoms with E-state index in [1.165, 1.54) is 16.8 Å². The Morgan fingerprint density at radius 1 is 0.875 bits per heavy atom. The maximum Gasteiger partial charge on any atom is 0.276 e. The molecule has 0 atom stereocenters. The van der Waals surface area contributed by atoms with E-state index < -0.39 is 0 Å². The Morgan fingerprint density at radius 3 is 2.41 bits per heavy atom. The minimum Gasteiger partial charge on any atom is -0.338 e. The Labute approximate surface area is 183 Å². The molecule has 7 nitrogen and oxygen atoms in total. The number of carbonyl (C=O) groups excluding carboxylic acids is 1. The summed E-state index contributed by atoms with van der Waals surface area (Å²) in [5.41, 5.74) is 4.24. The fourth-order valence-electron chi connectivity index (χ4n) is 3.44. The van der Waals surface area contributed by atoms with Gasteiger partial charge in [0.25, 0.3) is 11.5 Å². The number of amides is 1. The first kappa shape index (κ1) is 19.4. The number of fused-ring (bicyclic) bond motifs is 1. The van der Waals surface area contributed by atoms with Gasteiger partial charge in [0.15, 0.2) is 0 Å². The van der Waals surface area contributed by atoms with Gasteiger partial charge in [0.2, 0.25) is 0 Å². The van der Waals surface area contributed by atoms with Crippen molar-refractivity contribution in [2.45, 2.75) is 6.54 Å². The largest absolute Gasteiger partial charge is 0.338 e. The van der Waals surface area contributed by atoms with Gasteiger partial charge >= 0.3 is 0 Å². The predicted molar refractivity (Wildman–Crippen MR) is 124 cm³/mol. The number of hydrogen-bond donors (Lipinski definition) is 2. The van der Waals surface area contributed by atoms with Crippen molar-refractivity contribution in [3.8, 4) is 11.4 Å². The van der Waals surface area contributed by atoms with Crippen molar-refractivity contribution in [1.82, 2.24) is 19.7 Å². The highest BCUT2D eigenvalue weighted by Crippen LogP contribution is 2.22. The van der Waals surface area contributed by atoms with Gasteiger partial charge in [-0.2, -0.15) is 5.10 Å². The zero-order chi connectivity index (χ0) is 21.9. The van der Waals surface area contributed by atoms with Gasteiger partial charge in [0.1, 0.15) is 11.5 Å². The lowest BCUT2D eigenvalue weighted by Gasteiger charge is -2.08.